The summed E-state index contributed by atoms with van der Waals surface area (Å²) >= 11 is 1.89. The van der Waals surface area contributed by atoms with Crippen LogP contribution in [0.2, 0.25) is 0 Å². The van der Waals surface area contributed by atoms with Gasteiger partial charge in [-0.15, -0.1) is 67.6 Å². The number of terminal acetylenes is 3. The third kappa shape index (κ3) is 28.5. The van der Waals surface area contributed by atoms with Crippen LogP contribution < -0.4 is 24.8 Å². The van der Waals surface area contributed by atoms with Crippen molar-refractivity contribution in [3.63, 3.8) is 0 Å². The first-order chi connectivity index (χ1) is 49.7. The number of ether oxygens (including phenoxy) is 5. The number of benzene rings is 1. The lowest BCUT2D eigenvalue weighted by Crippen LogP contribution is -2.36. The van der Waals surface area contributed by atoms with Gasteiger partial charge in [0.25, 0.3) is 0 Å². The zero-order valence-corrected chi connectivity index (χ0v) is 62.4. The second-order valence-electron chi connectivity index (χ2n) is 23.6. The first-order valence-electron chi connectivity index (χ1n) is 34.1. The Morgan fingerprint density at radius 1 is 0.485 bits per heavy atom. The van der Waals surface area contributed by atoms with Crippen molar-refractivity contribution >= 4 is 94.5 Å². The quantitative estimate of drug-likeness (QED) is 0.0118. The third-order valence-corrected chi connectivity index (χ3v) is 24.3. The van der Waals surface area contributed by atoms with Gasteiger partial charge in [-0.1, -0.05) is 141 Å². The molecule has 0 bridgehead atoms. The number of rotatable bonds is 53. The topological polar surface area (TPSA) is 306 Å². The monoisotopic (exact) mass is 1510 g/mol. The van der Waals surface area contributed by atoms with E-state index in [0.717, 1.165) is 141 Å². The van der Waals surface area contributed by atoms with Crippen molar-refractivity contribution in [2.75, 3.05) is 53.5 Å². The van der Waals surface area contributed by atoms with Gasteiger partial charge in [0.15, 0.2) is 11.5 Å². The molecule has 0 spiro atoms. The second-order valence-corrected chi connectivity index (χ2v) is 33.0. The molecule has 0 aliphatic carbocycles. The normalized spacial score (nSPS) is 14.6. The van der Waals surface area contributed by atoms with E-state index in [-0.39, 0.29) is 73.3 Å². The molecule has 2 saturated heterocycles. The number of aromatic nitrogens is 18. The molecule has 8 heterocycles. The van der Waals surface area contributed by atoms with E-state index >= 15 is 0 Å². The molecule has 101 heavy (non-hydrogen) atoms. The van der Waals surface area contributed by atoms with E-state index < -0.39 is 5.97 Å². The predicted octanol–water partition coefficient (Wildman–Crippen LogP) is 9.46. The van der Waals surface area contributed by atoms with E-state index in [1.54, 1.807) is 90.9 Å². The maximum atomic E-state index is 14.1. The van der Waals surface area contributed by atoms with Gasteiger partial charge in [0.2, 0.25) is 5.75 Å². The number of urea groups is 1. The van der Waals surface area contributed by atoms with Crippen molar-refractivity contribution in [1.82, 2.24) is 101 Å². The number of aryl methyl sites for hydroxylation is 9. The van der Waals surface area contributed by atoms with E-state index in [1.165, 1.54) is 0 Å². The van der Waals surface area contributed by atoms with Crippen LogP contribution in [-0.4, -0.2) is 179 Å². The summed E-state index contributed by atoms with van der Waals surface area (Å²) in [4.78, 5) is 38.2. The van der Waals surface area contributed by atoms with Gasteiger partial charge in [-0.3, -0.25) is 32.9 Å². The van der Waals surface area contributed by atoms with Gasteiger partial charge in [-0.2, -0.15) is 11.8 Å². The van der Waals surface area contributed by atoms with E-state index in [4.69, 9.17) is 43.0 Å². The van der Waals surface area contributed by atoms with Crippen LogP contribution in [0.4, 0.5) is 4.79 Å². The largest absolute Gasteiger partial charge is 0.483 e. The molecule has 35 heteroatoms. The lowest BCUT2D eigenvalue weighted by atomic mass is 10.0. The van der Waals surface area contributed by atoms with Crippen molar-refractivity contribution in [3.8, 4) is 54.3 Å². The lowest BCUT2D eigenvalue weighted by Gasteiger charge is -2.17. The fourth-order valence-corrected chi connectivity index (χ4v) is 17.8. The Morgan fingerprint density at radius 2 is 0.861 bits per heavy atom. The molecule has 9 rings (SSSR count). The lowest BCUT2D eigenvalue weighted by molar-refractivity contribution is -0.143. The Hall–Kier alpha value is -7.20. The summed E-state index contributed by atoms with van der Waals surface area (Å²) in [5.41, 5.74) is 4.56. The Bertz CT molecular complexity index is 3620. The number of hydrogen-bond acceptors (Lipinski definition) is 27. The smallest absolute Gasteiger partial charge is 0.338 e. The molecule has 2 amide bonds. The number of thioether (sulfide) groups is 1. The van der Waals surface area contributed by atoms with Gasteiger partial charge in [0, 0.05) is 109 Å². The molecule has 1 aromatic carbocycles. The van der Waals surface area contributed by atoms with Crippen LogP contribution in [0.5, 0.6) is 17.2 Å². The number of carbonyl (C=O) groups is 3. The van der Waals surface area contributed by atoms with Gasteiger partial charge in [-0.25, -0.2) is 9.59 Å². The van der Waals surface area contributed by atoms with Crippen LogP contribution in [0.25, 0.3) is 0 Å². The van der Waals surface area contributed by atoms with Crippen molar-refractivity contribution in [1.29, 1.82) is 0 Å². The van der Waals surface area contributed by atoms with Gasteiger partial charge in [0.1, 0.15) is 36.9 Å². The molecule has 3 atom stereocenters. The van der Waals surface area contributed by atoms with Gasteiger partial charge >= 0.3 is 18.0 Å². The zero-order valence-electron chi connectivity index (χ0n) is 56.7. The molecule has 2 N–H and O–H groups in total. The molecule has 0 radical (unpaired) electrons. The third-order valence-electron chi connectivity index (χ3n) is 15.7. The van der Waals surface area contributed by atoms with Crippen molar-refractivity contribution in [2.45, 2.75) is 192 Å². The molecule has 542 valence electrons. The second kappa shape index (κ2) is 45.0. The molecule has 6 aromatic heterocycles. The minimum absolute atomic E-state index is 0.00365. The number of hydrogen-bond donors (Lipinski definition) is 2. The summed E-state index contributed by atoms with van der Waals surface area (Å²) in [6, 6.07) is 3.53. The van der Waals surface area contributed by atoms with Gasteiger partial charge < -0.3 is 34.3 Å². The number of carbonyl (C=O) groups excluding carboxylic acids is 3. The summed E-state index contributed by atoms with van der Waals surface area (Å²) in [5.74, 6) is 13.7. The number of nitrogens with zero attached hydrogens (tertiary/aromatic N) is 18. The summed E-state index contributed by atoms with van der Waals surface area (Å²) in [6.07, 6.45) is 42.3. The fourth-order valence-electron chi connectivity index (χ4n) is 10.5. The zero-order chi connectivity index (χ0) is 70.3. The molecular formula is C66H88N20O8S7. The van der Waals surface area contributed by atoms with Gasteiger partial charge in [0.05, 0.1) is 106 Å². The van der Waals surface area contributed by atoms with Crippen LogP contribution >= 0.6 is 76.5 Å². The average Bonchev–Trinajstić information content (AvgIpc) is 1.75. The molecule has 0 unspecified atom stereocenters. The summed E-state index contributed by atoms with van der Waals surface area (Å²) in [6.45, 7) is 4.69. The molecule has 0 saturated carbocycles. The standard InChI is InChI=1S/C66H88N20O8S7/c1-4-7-20-52-41-81(75-69-52)25-33-96-99-36-28-84-44-55(72-78-84)47-92-59-39-51(65(88)91-32-19-15-13-11-10-12-14-18-31-90-62(87)24-17-16-23-61-63-58(50-95-61)67-66(89)68-63)40-60(93-48-56-45-85(79-73-56)29-37-100-97-34-26-82-42-53(70-76-82)21-8-5-2)64(59)94-49-57-46-86(80-74-57)30-38-101-98-35-27-83-43-54(71-77-83)22-9-6-3/h1-3,39-46,58,61,63H,7-38,47-50H2,(H2,67,68,89)/t58-,61-,63-/m0/s1. The first kappa shape index (κ1) is 77.9. The van der Waals surface area contributed by atoms with E-state index in [0.29, 0.717) is 99.9 Å². The summed E-state index contributed by atoms with van der Waals surface area (Å²) in [7, 11) is 10.4. The highest BCUT2D eigenvalue weighted by atomic mass is 33.1. The highest BCUT2D eigenvalue weighted by Gasteiger charge is 2.42. The number of fused-ring (bicyclic) bond motifs is 1. The molecule has 7 aromatic rings. The summed E-state index contributed by atoms with van der Waals surface area (Å²) in [5, 5.41) is 58.1. The number of amides is 2. The average molecular weight is 1510 g/mol. The maximum absolute atomic E-state index is 14.1. The molecule has 2 aliphatic rings. The van der Waals surface area contributed by atoms with Crippen LogP contribution in [0, 0.1) is 37.0 Å². The van der Waals surface area contributed by atoms with Gasteiger partial charge in [-0.05, 0) is 37.8 Å². The minimum atomic E-state index is -0.548. The van der Waals surface area contributed by atoms with Crippen LogP contribution in [-0.2, 0) is 92.6 Å². The van der Waals surface area contributed by atoms with Crippen LogP contribution in [0.15, 0.2) is 49.3 Å². The highest BCUT2D eigenvalue weighted by Crippen LogP contribution is 2.41. The first-order valence-corrected chi connectivity index (χ1v) is 42.6. The number of unbranched alkanes of at least 4 members (excludes halogenated alkanes) is 8. The highest BCUT2D eigenvalue weighted by molar-refractivity contribution is 8.77. The van der Waals surface area contributed by atoms with Crippen LogP contribution in [0.1, 0.15) is 141 Å². The summed E-state index contributed by atoms with van der Waals surface area (Å²) < 4.78 is 42.0. The Morgan fingerprint density at radius 3 is 1.28 bits per heavy atom. The van der Waals surface area contributed by atoms with Crippen molar-refractivity contribution in [3.05, 3.63) is 89.0 Å². The Labute approximate surface area is 617 Å². The minimum Gasteiger partial charge on any atom is -0.483 e. The van der Waals surface area contributed by atoms with E-state index in [9.17, 15) is 14.4 Å². The Balaban J connectivity index is 0.771. The van der Waals surface area contributed by atoms with Crippen molar-refractivity contribution < 1.29 is 38.1 Å². The molecule has 28 nitrogen and oxygen atoms in total. The van der Waals surface area contributed by atoms with Crippen LogP contribution in [0.3, 0.4) is 0 Å². The van der Waals surface area contributed by atoms with E-state index in [2.05, 4.69) is 90.3 Å². The molecule has 2 aliphatic heterocycles. The SMILES string of the molecule is C#CCCc1cn(CCSSCCn2cc(COc3cc(C(=O)OCCCCCCCCCCOC(=O)CCCC[C@@H]4SC[C@@H]5NC(=O)N[C@@H]54)cc(OCc4cn(CCSSCCn5cc(CCC#C)nn5)nn4)c3OCc3cn(CCSSCCn4cc(CCC#C)nn4)nn3)nn2)nn1. The van der Waals surface area contributed by atoms with Crippen molar-refractivity contribution in [2.24, 2.45) is 0 Å². The van der Waals surface area contributed by atoms with E-state index in [1.807, 2.05) is 63.0 Å². The maximum Gasteiger partial charge on any atom is 0.338 e. The molecule has 2 fully saturated rings. The number of nitrogens with one attached hydrogen (secondary N) is 2. The number of esters is 2. The fraction of sp³-hybridized carbons (Fsp3) is 0.591. The molecular weight excluding hydrogens is 1430 g/mol. The Kier molecular flexibility index (Phi) is 34.7. The predicted molar refractivity (Wildman–Crippen MR) is 398 cm³/mol.